The lowest BCUT2D eigenvalue weighted by Gasteiger charge is -2.32. The van der Waals surface area contributed by atoms with Crippen LogP contribution in [0.15, 0.2) is 15.8 Å². The van der Waals surface area contributed by atoms with Crippen LogP contribution in [0.1, 0.15) is 37.8 Å². The highest BCUT2D eigenvalue weighted by atomic mass is 16.2. The van der Waals surface area contributed by atoms with Crippen LogP contribution in [0, 0.1) is 11.3 Å². The molecule has 2 rings (SSSR count). The fourth-order valence-corrected chi connectivity index (χ4v) is 2.57. The first-order valence-corrected chi connectivity index (χ1v) is 6.63. The van der Waals surface area contributed by atoms with Crippen molar-refractivity contribution in [2.24, 2.45) is 0 Å². The predicted molar refractivity (Wildman–Crippen MR) is 71.0 cm³/mol. The Kier molecular flexibility index (Phi) is 4.17. The highest BCUT2D eigenvalue weighted by molar-refractivity contribution is 5.21. The molecule has 1 N–H and O–H groups in total. The first kappa shape index (κ1) is 13.6. The Morgan fingerprint density at radius 2 is 2.11 bits per heavy atom. The first-order valence-electron chi connectivity index (χ1n) is 6.63. The number of nitrogens with zero attached hydrogens (tertiary/aromatic N) is 3. The topological polar surface area (TPSA) is 81.9 Å². The second-order valence-electron chi connectivity index (χ2n) is 4.89. The van der Waals surface area contributed by atoms with E-state index >= 15 is 0 Å². The van der Waals surface area contributed by atoms with Crippen LogP contribution < -0.4 is 11.2 Å². The van der Waals surface area contributed by atoms with Crippen LogP contribution >= 0.6 is 0 Å². The summed E-state index contributed by atoms with van der Waals surface area (Å²) in [5.41, 5.74) is -1.03. The highest BCUT2D eigenvalue weighted by Gasteiger charge is 2.21. The Morgan fingerprint density at radius 3 is 2.68 bits per heavy atom. The Morgan fingerprint density at radius 1 is 1.42 bits per heavy atom. The summed E-state index contributed by atoms with van der Waals surface area (Å²) in [5.74, 6) is 0. The third-order valence-electron chi connectivity index (χ3n) is 3.58. The molecule has 1 aliphatic heterocycles. The number of likely N-dealkylation sites (tertiary alicyclic amines) is 1. The Labute approximate surface area is 111 Å². The third kappa shape index (κ3) is 2.93. The highest BCUT2D eigenvalue weighted by Crippen LogP contribution is 2.20. The zero-order chi connectivity index (χ0) is 13.8. The van der Waals surface area contributed by atoms with Gasteiger partial charge in [0.05, 0.1) is 0 Å². The molecule has 6 nitrogen and oxygen atoms in total. The molecule has 0 bridgehead atoms. The van der Waals surface area contributed by atoms with Crippen molar-refractivity contribution in [2.75, 3.05) is 19.6 Å². The largest absolute Gasteiger partial charge is 0.328 e. The van der Waals surface area contributed by atoms with E-state index in [0.717, 1.165) is 38.9 Å². The molecule has 0 radical (unpaired) electrons. The summed E-state index contributed by atoms with van der Waals surface area (Å²) in [7, 11) is 0. The summed E-state index contributed by atoms with van der Waals surface area (Å²) in [6.07, 6.45) is 4.26. The van der Waals surface area contributed by atoms with E-state index in [-0.39, 0.29) is 11.6 Å². The van der Waals surface area contributed by atoms with Gasteiger partial charge in [-0.3, -0.25) is 14.3 Å². The molecule has 0 aliphatic carbocycles. The minimum Gasteiger partial charge on any atom is -0.303 e. The zero-order valence-electron chi connectivity index (χ0n) is 11.1. The number of H-pyrrole nitrogens is 1. The number of rotatable bonds is 3. The molecular formula is C13H18N4O2. The molecule has 0 amide bonds. The van der Waals surface area contributed by atoms with Gasteiger partial charge in [0.1, 0.15) is 11.6 Å². The van der Waals surface area contributed by atoms with Gasteiger partial charge in [0.2, 0.25) is 0 Å². The van der Waals surface area contributed by atoms with E-state index in [1.807, 2.05) is 6.07 Å². The molecule has 1 saturated heterocycles. The summed E-state index contributed by atoms with van der Waals surface area (Å²) in [4.78, 5) is 27.7. The van der Waals surface area contributed by atoms with Gasteiger partial charge in [-0.05, 0) is 25.8 Å². The Balaban J connectivity index is 2.18. The van der Waals surface area contributed by atoms with Gasteiger partial charge in [-0.25, -0.2) is 4.79 Å². The van der Waals surface area contributed by atoms with E-state index in [4.69, 9.17) is 5.26 Å². The van der Waals surface area contributed by atoms with Crippen LogP contribution in [0.4, 0.5) is 0 Å². The van der Waals surface area contributed by atoms with Crippen LogP contribution in [-0.2, 0) is 0 Å². The van der Waals surface area contributed by atoms with Crippen molar-refractivity contribution in [1.82, 2.24) is 14.5 Å². The maximum Gasteiger partial charge on any atom is 0.328 e. The van der Waals surface area contributed by atoms with Gasteiger partial charge in [-0.15, -0.1) is 0 Å². The predicted octanol–water partition coefficient (Wildman–Crippen LogP) is 0.455. The average molecular weight is 262 g/mol. The first-order chi connectivity index (χ1) is 9.15. The average Bonchev–Trinajstić information content (AvgIpc) is 2.41. The van der Waals surface area contributed by atoms with Gasteiger partial charge in [0, 0.05) is 25.3 Å². The van der Waals surface area contributed by atoms with Crippen molar-refractivity contribution in [2.45, 2.75) is 32.2 Å². The Bertz CT molecular complexity index is 588. The molecule has 1 fully saturated rings. The molecule has 0 atom stereocenters. The number of nitriles is 1. The maximum absolute atomic E-state index is 11.8. The van der Waals surface area contributed by atoms with Crippen LogP contribution in [0.2, 0.25) is 0 Å². The van der Waals surface area contributed by atoms with Gasteiger partial charge >= 0.3 is 5.69 Å². The van der Waals surface area contributed by atoms with Crippen molar-refractivity contribution in [3.05, 3.63) is 32.6 Å². The van der Waals surface area contributed by atoms with E-state index < -0.39 is 11.2 Å². The molecule has 0 aromatic carbocycles. The molecular weight excluding hydrogens is 244 g/mol. The molecule has 2 heterocycles. The second kappa shape index (κ2) is 5.85. The molecule has 0 spiro atoms. The van der Waals surface area contributed by atoms with Gasteiger partial charge in [-0.1, -0.05) is 6.92 Å². The van der Waals surface area contributed by atoms with Crippen molar-refractivity contribution in [3.63, 3.8) is 0 Å². The SMILES string of the molecule is CCCN1CCC(n2cc(C#N)c(=O)[nH]c2=O)CC1. The summed E-state index contributed by atoms with van der Waals surface area (Å²) < 4.78 is 1.50. The van der Waals surface area contributed by atoms with E-state index in [0.29, 0.717) is 0 Å². The lowest BCUT2D eigenvalue weighted by molar-refractivity contribution is 0.184. The molecule has 1 aliphatic rings. The second-order valence-corrected chi connectivity index (χ2v) is 4.89. The summed E-state index contributed by atoms with van der Waals surface area (Å²) in [5, 5.41) is 8.85. The van der Waals surface area contributed by atoms with E-state index in [1.54, 1.807) is 0 Å². The van der Waals surface area contributed by atoms with Crippen molar-refractivity contribution < 1.29 is 0 Å². The smallest absolute Gasteiger partial charge is 0.303 e. The summed E-state index contributed by atoms with van der Waals surface area (Å²) in [6, 6.07) is 1.89. The zero-order valence-corrected chi connectivity index (χ0v) is 11.1. The molecule has 102 valence electrons. The lowest BCUT2D eigenvalue weighted by atomic mass is 10.0. The summed E-state index contributed by atoms with van der Waals surface area (Å²) in [6.45, 7) is 5.13. The lowest BCUT2D eigenvalue weighted by Crippen LogP contribution is -2.40. The van der Waals surface area contributed by atoms with Crippen LogP contribution in [0.3, 0.4) is 0 Å². The molecule has 1 aromatic rings. The molecule has 0 saturated carbocycles. The number of hydrogen-bond acceptors (Lipinski definition) is 4. The molecule has 0 unspecified atom stereocenters. The number of aromatic nitrogens is 2. The monoisotopic (exact) mass is 262 g/mol. The third-order valence-corrected chi connectivity index (χ3v) is 3.58. The van der Waals surface area contributed by atoms with Gasteiger partial charge < -0.3 is 4.90 Å². The molecule has 6 heteroatoms. The van der Waals surface area contributed by atoms with E-state index in [9.17, 15) is 9.59 Å². The minimum absolute atomic E-state index is 0.00409. The summed E-state index contributed by atoms with van der Waals surface area (Å²) >= 11 is 0. The molecule has 1 aromatic heterocycles. The quantitative estimate of drug-likeness (QED) is 0.857. The van der Waals surface area contributed by atoms with E-state index in [2.05, 4.69) is 16.8 Å². The van der Waals surface area contributed by atoms with Crippen LogP contribution in [0.25, 0.3) is 0 Å². The van der Waals surface area contributed by atoms with Gasteiger partial charge in [0.25, 0.3) is 5.56 Å². The van der Waals surface area contributed by atoms with Crippen LogP contribution in [-0.4, -0.2) is 34.1 Å². The fraction of sp³-hybridized carbons (Fsp3) is 0.615. The maximum atomic E-state index is 11.8. The van der Waals surface area contributed by atoms with Gasteiger partial charge in [0.15, 0.2) is 0 Å². The van der Waals surface area contributed by atoms with Crippen molar-refractivity contribution >= 4 is 0 Å². The van der Waals surface area contributed by atoms with Crippen molar-refractivity contribution in [3.8, 4) is 6.07 Å². The minimum atomic E-state index is -0.604. The number of piperidine rings is 1. The normalized spacial score (nSPS) is 17.3. The van der Waals surface area contributed by atoms with Crippen molar-refractivity contribution in [1.29, 1.82) is 5.26 Å². The number of nitrogens with one attached hydrogen (secondary N) is 1. The Hall–Kier alpha value is -1.87. The van der Waals surface area contributed by atoms with Crippen LogP contribution in [0.5, 0.6) is 0 Å². The van der Waals surface area contributed by atoms with Gasteiger partial charge in [-0.2, -0.15) is 5.26 Å². The number of hydrogen-bond donors (Lipinski definition) is 1. The fourth-order valence-electron chi connectivity index (χ4n) is 2.57. The standard InChI is InChI=1S/C13H18N4O2/c1-2-5-16-6-3-11(4-7-16)17-9-10(8-14)12(18)15-13(17)19/h9,11H,2-7H2,1H3,(H,15,18,19). The van der Waals surface area contributed by atoms with E-state index in [1.165, 1.54) is 10.8 Å². The molecule has 19 heavy (non-hydrogen) atoms. The number of aromatic amines is 1.